The number of carbonyl (C=O) groups is 1. The van der Waals surface area contributed by atoms with E-state index in [9.17, 15) is 17.6 Å². The number of sulfonamides is 1. The lowest BCUT2D eigenvalue weighted by atomic mass is 10.2. The van der Waals surface area contributed by atoms with E-state index in [1.54, 1.807) is 0 Å². The highest BCUT2D eigenvalue weighted by atomic mass is 32.2. The Morgan fingerprint density at radius 1 is 1.17 bits per heavy atom. The Morgan fingerprint density at radius 3 is 2.39 bits per heavy atom. The molecule has 0 spiro atoms. The van der Waals surface area contributed by atoms with E-state index in [1.807, 2.05) is 0 Å². The van der Waals surface area contributed by atoms with E-state index in [0.717, 1.165) is 17.2 Å². The molecule has 1 N–H and O–H groups in total. The van der Waals surface area contributed by atoms with Crippen LogP contribution in [0.5, 0.6) is 0 Å². The zero-order chi connectivity index (χ0) is 17.0. The van der Waals surface area contributed by atoms with Gasteiger partial charge in [-0.05, 0) is 42.5 Å². The van der Waals surface area contributed by atoms with Crippen molar-refractivity contribution in [3.63, 3.8) is 0 Å². The maximum Gasteiger partial charge on any atom is 0.277 e. The maximum atomic E-state index is 13.1. The fraction of sp³-hybridized carbons (Fsp3) is 0.133. The molecule has 8 heteroatoms. The van der Waals surface area contributed by atoms with Gasteiger partial charge in [-0.2, -0.15) is 0 Å². The molecular formula is C15H15FN2O4S. The molecule has 6 nitrogen and oxygen atoms in total. The van der Waals surface area contributed by atoms with E-state index in [4.69, 9.17) is 4.84 Å². The second-order valence-corrected chi connectivity index (χ2v) is 6.31. The summed E-state index contributed by atoms with van der Waals surface area (Å²) in [6, 6.07) is 10.5. The molecule has 0 bridgehead atoms. The lowest BCUT2D eigenvalue weighted by Crippen LogP contribution is -2.25. The summed E-state index contributed by atoms with van der Waals surface area (Å²) in [4.78, 5) is 16.5. The van der Waals surface area contributed by atoms with Gasteiger partial charge in [0.05, 0.1) is 12.0 Å². The summed E-state index contributed by atoms with van der Waals surface area (Å²) in [7, 11) is -1.08. The number of benzene rings is 2. The second kappa shape index (κ2) is 6.76. The molecule has 0 heterocycles. The van der Waals surface area contributed by atoms with Gasteiger partial charge in [-0.25, -0.2) is 17.9 Å². The van der Waals surface area contributed by atoms with E-state index < -0.39 is 15.8 Å². The van der Waals surface area contributed by atoms with Crippen molar-refractivity contribution in [3.8, 4) is 0 Å². The van der Waals surface area contributed by atoms with Crippen LogP contribution in [0.15, 0.2) is 53.4 Å². The second-order valence-electron chi connectivity index (χ2n) is 4.63. The lowest BCUT2D eigenvalue weighted by molar-refractivity contribution is -0.0756. The van der Waals surface area contributed by atoms with Gasteiger partial charge >= 0.3 is 0 Å². The Hall–Kier alpha value is -2.45. The van der Waals surface area contributed by atoms with Gasteiger partial charge < -0.3 is 0 Å². The summed E-state index contributed by atoms with van der Waals surface area (Å²) in [6.45, 7) is 0. The van der Waals surface area contributed by atoms with Crippen LogP contribution in [0.3, 0.4) is 0 Å². The van der Waals surface area contributed by atoms with Gasteiger partial charge in [-0.15, -0.1) is 0 Å². The number of anilines is 1. The Kier molecular flexibility index (Phi) is 4.97. The van der Waals surface area contributed by atoms with Crippen LogP contribution in [0.25, 0.3) is 0 Å². The van der Waals surface area contributed by atoms with Gasteiger partial charge in [-0.3, -0.25) is 14.4 Å². The molecule has 2 aromatic carbocycles. The van der Waals surface area contributed by atoms with Crippen molar-refractivity contribution in [2.45, 2.75) is 4.90 Å². The number of amides is 1. The lowest BCUT2D eigenvalue weighted by Gasteiger charge is -2.14. The molecule has 0 saturated heterocycles. The minimum atomic E-state index is -3.90. The number of nitrogens with one attached hydrogen (secondary N) is 1. The predicted molar refractivity (Wildman–Crippen MR) is 82.8 cm³/mol. The van der Waals surface area contributed by atoms with Gasteiger partial charge in [0, 0.05) is 18.3 Å². The predicted octanol–water partition coefficient (Wildman–Crippen LogP) is 2.26. The van der Waals surface area contributed by atoms with Gasteiger partial charge in [0.1, 0.15) is 5.82 Å². The molecule has 2 rings (SSSR count). The van der Waals surface area contributed by atoms with Crippen LogP contribution in [0.1, 0.15) is 10.4 Å². The molecule has 0 radical (unpaired) electrons. The van der Waals surface area contributed by atoms with Gasteiger partial charge in [0.2, 0.25) is 0 Å². The molecule has 0 saturated carbocycles. The van der Waals surface area contributed by atoms with Gasteiger partial charge in [-0.1, -0.05) is 6.07 Å². The third-order valence-electron chi connectivity index (χ3n) is 3.05. The number of rotatable bonds is 5. The molecule has 0 aliphatic heterocycles. The van der Waals surface area contributed by atoms with Crippen molar-refractivity contribution in [2.24, 2.45) is 0 Å². The topological polar surface area (TPSA) is 75.7 Å². The van der Waals surface area contributed by atoms with Crippen molar-refractivity contribution in [2.75, 3.05) is 18.9 Å². The van der Waals surface area contributed by atoms with E-state index in [1.165, 1.54) is 50.6 Å². The summed E-state index contributed by atoms with van der Waals surface area (Å²) in [5.74, 6) is -1.01. The molecule has 0 atom stereocenters. The van der Waals surface area contributed by atoms with Gasteiger partial charge in [0.15, 0.2) is 0 Å². The minimum absolute atomic E-state index is 0.184. The molecule has 0 aliphatic rings. The average molecular weight is 338 g/mol. The van der Waals surface area contributed by atoms with Crippen molar-refractivity contribution in [3.05, 3.63) is 59.9 Å². The summed E-state index contributed by atoms with van der Waals surface area (Å²) < 4.78 is 39.8. The first-order chi connectivity index (χ1) is 10.8. The smallest absolute Gasteiger partial charge is 0.277 e. The third kappa shape index (κ3) is 4.05. The summed E-state index contributed by atoms with van der Waals surface area (Å²) >= 11 is 0. The fourth-order valence-corrected chi connectivity index (χ4v) is 2.88. The Labute approximate surface area is 133 Å². The van der Waals surface area contributed by atoms with Crippen molar-refractivity contribution in [1.29, 1.82) is 0 Å². The first-order valence-corrected chi connectivity index (χ1v) is 8.02. The number of halogens is 1. The van der Waals surface area contributed by atoms with E-state index in [-0.39, 0.29) is 16.5 Å². The van der Waals surface area contributed by atoms with Crippen molar-refractivity contribution >= 4 is 21.6 Å². The number of hydrogen-bond acceptors (Lipinski definition) is 4. The van der Waals surface area contributed by atoms with Crippen LogP contribution in [0.2, 0.25) is 0 Å². The first kappa shape index (κ1) is 16.9. The Morgan fingerprint density at radius 2 is 1.83 bits per heavy atom. The van der Waals surface area contributed by atoms with E-state index in [0.29, 0.717) is 5.56 Å². The minimum Gasteiger partial charge on any atom is -0.280 e. The average Bonchev–Trinajstić information content (AvgIpc) is 2.54. The summed E-state index contributed by atoms with van der Waals surface area (Å²) in [5.41, 5.74) is 0.592. The van der Waals surface area contributed by atoms with Crippen LogP contribution in [0.4, 0.5) is 10.1 Å². The fourth-order valence-electron chi connectivity index (χ4n) is 1.79. The highest BCUT2D eigenvalue weighted by molar-refractivity contribution is 7.92. The summed E-state index contributed by atoms with van der Waals surface area (Å²) in [6.07, 6.45) is 0. The zero-order valence-electron chi connectivity index (χ0n) is 12.5. The number of carbonyl (C=O) groups excluding carboxylic acids is 1. The van der Waals surface area contributed by atoms with E-state index in [2.05, 4.69) is 4.72 Å². The Balaban J connectivity index is 2.19. The van der Waals surface area contributed by atoms with Crippen molar-refractivity contribution < 1.29 is 22.4 Å². The summed E-state index contributed by atoms with van der Waals surface area (Å²) in [5, 5.41) is 1.05. The molecule has 23 heavy (non-hydrogen) atoms. The number of nitrogens with zero attached hydrogens (tertiary/aromatic N) is 1. The maximum absolute atomic E-state index is 13.1. The van der Waals surface area contributed by atoms with Crippen LogP contribution < -0.4 is 4.72 Å². The monoisotopic (exact) mass is 338 g/mol. The quantitative estimate of drug-likeness (QED) is 0.849. The standard InChI is InChI=1S/C15H15FN2O4S/c1-18(22-2)15(19)11-6-8-13(9-7-11)17-23(20,21)14-5-3-4-12(16)10-14/h3-10,17H,1-2H3. The first-order valence-electron chi connectivity index (χ1n) is 6.54. The molecule has 122 valence electrons. The largest absolute Gasteiger partial charge is 0.280 e. The Bertz CT molecular complexity index is 806. The van der Waals surface area contributed by atoms with E-state index >= 15 is 0 Å². The third-order valence-corrected chi connectivity index (χ3v) is 4.43. The number of hydrogen-bond donors (Lipinski definition) is 1. The molecule has 1 amide bonds. The molecule has 0 fully saturated rings. The highest BCUT2D eigenvalue weighted by Crippen LogP contribution is 2.18. The zero-order valence-corrected chi connectivity index (χ0v) is 13.3. The number of hydroxylamine groups is 2. The van der Waals surface area contributed by atoms with Crippen molar-refractivity contribution in [1.82, 2.24) is 5.06 Å². The molecule has 0 unspecified atom stereocenters. The molecular weight excluding hydrogens is 323 g/mol. The SMILES string of the molecule is CON(C)C(=O)c1ccc(NS(=O)(=O)c2cccc(F)c2)cc1. The van der Waals surface area contributed by atoms with Crippen LogP contribution in [-0.4, -0.2) is 33.5 Å². The normalized spacial score (nSPS) is 11.1. The molecule has 0 aliphatic carbocycles. The van der Waals surface area contributed by atoms with Crippen LogP contribution >= 0.6 is 0 Å². The molecule has 2 aromatic rings. The van der Waals surface area contributed by atoms with Crippen LogP contribution in [-0.2, 0) is 14.9 Å². The van der Waals surface area contributed by atoms with Gasteiger partial charge in [0.25, 0.3) is 15.9 Å². The van der Waals surface area contributed by atoms with Crippen LogP contribution in [0, 0.1) is 5.82 Å². The molecule has 0 aromatic heterocycles. The highest BCUT2D eigenvalue weighted by Gasteiger charge is 2.16.